The number of aliphatic hydroxyl groups is 1. The molecule has 1 saturated heterocycles. The zero-order chi connectivity index (χ0) is 19.1. The number of sulfone groups is 1. The Kier molecular flexibility index (Phi) is 5.13. The summed E-state index contributed by atoms with van der Waals surface area (Å²) in [4.78, 5) is 12.5. The van der Waals surface area contributed by atoms with E-state index >= 15 is 0 Å². The number of ether oxygens (including phenoxy) is 3. The highest BCUT2D eigenvalue weighted by molar-refractivity contribution is 7.92. The Hall–Kier alpha value is -1.48. The molecule has 2 aliphatic rings. The minimum absolute atomic E-state index is 0.119. The Labute approximate surface area is 153 Å². The zero-order valence-electron chi connectivity index (χ0n) is 15.0. The number of aliphatic hydroxyl groups excluding tert-OH is 1. The quantitative estimate of drug-likeness (QED) is 0.758. The second kappa shape index (κ2) is 6.92. The molecule has 0 radical (unpaired) electrons. The topological polar surface area (TPSA) is 99.1 Å². The first-order valence-corrected chi connectivity index (χ1v) is 10.1. The lowest BCUT2D eigenvalue weighted by molar-refractivity contribution is -0.265. The van der Waals surface area contributed by atoms with Gasteiger partial charge in [-0.25, -0.2) is 8.42 Å². The van der Waals surface area contributed by atoms with Gasteiger partial charge in [-0.05, 0) is 26.0 Å². The van der Waals surface area contributed by atoms with Crippen LogP contribution in [0.5, 0.6) is 0 Å². The number of methoxy groups -OCH3 is 1. The molecule has 1 N–H and O–H groups in total. The summed E-state index contributed by atoms with van der Waals surface area (Å²) >= 11 is 0. The van der Waals surface area contributed by atoms with E-state index in [-0.39, 0.29) is 11.3 Å². The summed E-state index contributed by atoms with van der Waals surface area (Å²) in [6.45, 7) is 3.96. The number of benzene rings is 1. The number of carbonyl (C=O) groups excluding carboxylic acids is 1. The van der Waals surface area contributed by atoms with E-state index in [1.807, 2.05) is 6.92 Å². The normalized spacial score (nSPS) is 26.9. The molecule has 0 amide bonds. The summed E-state index contributed by atoms with van der Waals surface area (Å²) in [7, 11) is -2.52. The maximum absolute atomic E-state index is 13.2. The third-order valence-electron chi connectivity index (χ3n) is 5.30. The minimum atomic E-state index is -3.73. The first kappa shape index (κ1) is 19.3. The molecular weight excluding hydrogens is 360 g/mol. The molecule has 4 atom stereocenters. The minimum Gasteiger partial charge on any atom is -0.469 e. The van der Waals surface area contributed by atoms with Gasteiger partial charge in [0.25, 0.3) is 0 Å². The van der Waals surface area contributed by atoms with Gasteiger partial charge in [0.1, 0.15) is 0 Å². The molecule has 0 aromatic heterocycles. The maximum atomic E-state index is 13.2. The van der Waals surface area contributed by atoms with Crippen molar-refractivity contribution in [1.82, 2.24) is 0 Å². The Bertz CT molecular complexity index is 763. The highest BCUT2D eigenvalue weighted by Crippen LogP contribution is 2.54. The highest BCUT2D eigenvalue weighted by Gasteiger charge is 2.67. The Balaban J connectivity index is 2.00. The molecule has 1 spiro atoms. The fourth-order valence-electron chi connectivity index (χ4n) is 3.94. The SMILES string of the molecule is COC(=O)C(C(C)O)C1C(S(=O)(=O)c2ccc(C)cc2)CC12OCCO2. The second-order valence-electron chi connectivity index (χ2n) is 6.92. The van der Waals surface area contributed by atoms with E-state index in [9.17, 15) is 18.3 Å². The van der Waals surface area contributed by atoms with E-state index in [4.69, 9.17) is 14.2 Å². The van der Waals surface area contributed by atoms with Gasteiger partial charge in [-0.1, -0.05) is 17.7 Å². The molecule has 2 fully saturated rings. The van der Waals surface area contributed by atoms with Crippen molar-refractivity contribution in [3.8, 4) is 0 Å². The standard InChI is InChI=1S/C18H24O7S/c1-11-4-6-13(7-5-11)26(21,22)14-10-18(24-8-9-25-18)16(14)15(12(2)19)17(20)23-3/h4-7,12,14-16,19H,8-10H2,1-3H3. The van der Waals surface area contributed by atoms with Crippen LogP contribution in [0.1, 0.15) is 18.9 Å². The molecule has 1 aromatic rings. The lowest BCUT2D eigenvalue weighted by Gasteiger charge is -2.53. The number of hydrogen-bond donors (Lipinski definition) is 1. The van der Waals surface area contributed by atoms with Crippen molar-refractivity contribution < 1.29 is 32.5 Å². The van der Waals surface area contributed by atoms with Crippen LogP contribution in [-0.2, 0) is 28.8 Å². The molecule has 4 unspecified atom stereocenters. The summed E-state index contributed by atoms with van der Waals surface area (Å²) in [5, 5.41) is 9.28. The Morgan fingerprint density at radius 2 is 1.85 bits per heavy atom. The lowest BCUT2D eigenvalue weighted by Crippen LogP contribution is -2.66. The summed E-state index contributed by atoms with van der Waals surface area (Å²) in [6, 6.07) is 6.56. The monoisotopic (exact) mass is 384 g/mol. The predicted molar refractivity (Wildman–Crippen MR) is 92.1 cm³/mol. The van der Waals surface area contributed by atoms with Crippen molar-refractivity contribution in [1.29, 1.82) is 0 Å². The van der Waals surface area contributed by atoms with Crippen molar-refractivity contribution in [3.05, 3.63) is 29.8 Å². The van der Waals surface area contributed by atoms with Crippen molar-refractivity contribution in [3.63, 3.8) is 0 Å². The van der Waals surface area contributed by atoms with Crippen LogP contribution in [0.25, 0.3) is 0 Å². The van der Waals surface area contributed by atoms with Gasteiger partial charge in [0.05, 0.1) is 42.5 Å². The van der Waals surface area contributed by atoms with Crippen LogP contribution in [0.3, 0.4) is 0 Å². The van der Waals surface area contributed by atoms with Crippen molar-refractivity contribution >= 4 is 15.8 Å². The summed E-state index contributed by atoms with van der Waals surface area (Å²) < 4.78 is 42.5. The summed E-state index contributed by atoms with van der Waals surface area (Å²) in [5.41, 5.74) is 0.949. The van der Waals surface area contributed by atoms with Crippen LogP contribution < -0.4 is 0 Å². The Morgan fingerprint density at radius 1 is 1.27 bits per heavy atom. The van der Waals surface area contributed by atoms with Crippen LogP contribution in [0.2, 0.25) is 0 Å². The molecule has 1 aromatic carbocycles. The summed E-state index contributed by atoms with van der Waals surface area (Å²) in [6.07, 6.45) is -0.984. The number of hydrogen-bond acceptors (Lipinski definition) is 7. The second-order valence-corrected chi connectivity index (χ2v) is 9.09. The molecule has 8 heteroatoms. The van der Waals surface area contributed by atoms with Gasteiger partial charge in [-0.2, -0.15) is 0 Å². The van der Waals surface area contributed by atoms with Gasteiger partial charge in [-0.15, -0.1) is 0 Å². The molecule has 0 bridgehead atoms. The number of carbonyl (C=O) groups is 1. The van der Waals surface area contributed by atoms with Crippen LogP contribution in [-0.4, -0.2) is 57.0 Å². The van der Waals surface area contributed by atoms with Crippen molar-refractivity contribution in [2.75, 3.05) is 20.3 Å². The van der Waals surface area contributed by atoms with Gasteiger partial charge in [-0.3, -0.25) is 4.79 Å². The molecule has 1 aliphatic carbocycles. The first-order chi connectivity index (χ1) is 12.2. The lowest BCUT2D eigenvalue weighted by atomic mass is 9.68. The highest BCUT2D eigenvalue weighted by atomic mass is 32.2. The smallest absolute Gasteiger partial charge is 0.311 e. The first-order valence-electron chi connectivity index (χ1n) is 8.57. The van der Waals surface area contributed by atoms with Gasteiger partial charge in [0, 0.05) is 12.3 Å². The molecule has 1 aliphatic heterocycles. The third kappa shape index (κ3) is 3.05. The zero-order valence-corrected chi connectivity index (χ0v) is 15.9. The van der Waals surface area contributed by atoms with Crippen LogP contribution in [0, 0.1) is 18.8 Å². The molecule has 1 saturated carbocycles. The number of esters is 1. The fourth-order valence-corrected chi connectivity index (χ4v) is 6.02. The van der Waals surface area contributed by atoms with Gasteiger partial charge in [0.15, 0.2) is 15.6 Å². The Morgan fingerprint density at radius 3 is 2.35 bits per heavy atom. The van der Waals surface area contributed by atoms with Gasteiger partial charge in [0.2, 0.25) is 0 Å². The van der Waals surface area contributed by atoms with E-state index in [2.05, 4.69) is 0 Å². The molecular formula is C18H24O7S. The maximum Gasteiger partial charge on any atom is 0.311 e. The third-order valence-corrected chi connectivity index (χ3v) is 7.48. The van der Waals surface area contributed by atoms with E-state index in [1.54, 1.807) is 24.3 Å². The fraction of sp³-hybridized carbons (Fsp3) is 0.611. The van der Waals surface area contributed by atoms with E-state index in [0.717, 1.165) is 5.56 Å². The van der Waals surface area contributed by atoms with Crippen LogP contribution in [0.15, 0.2) is 29.2 Å². The largest absolute Gasteiger partial charge is 0.469 e. The average Bonchev–Trinajstić information content (AvgIpc) is 3.08. The molecule has 3 rings (SSSR count). The molecule has 7 nitrogen and oxygen atoms in total. The van der Waals surface area contributed by atoms with Gasteiger partial charge >= 0.3 is 5.97 Å². The van der Waals surface area contributed by atoms with E-state index in [0.29, 0.717) is 13.2 Å². The summed E-state index contributed by atoms with van der Waals surface area (Å²) in [5.74, 6) is -3.74. The predicted octanol–water partition coefficient (Wildman–Crippen LogP) is 1.07. The van der Waals surface area contributed by atoms with Crippen molar-refractivity contribution in [2.24, 2.45) is 11.8 Å². The molecule has 1 heterocycles. The molecule has 144 valence electrons. The average molecular weight is 384 g/mol. The van der Waals surface area contributed by atoms with E-state index < -0.39 is 44.8 Å². The molecule has 26 heavy (non-hydrogen) atoms. The number of rotatable bonds is 5. The van der Waals surface area contributed by atoms with Crippen molar-refractivity contribution in [2.45, 2.75) is 42.3 Å². The van der Waals surface area contributed by atoms with Crippen LogP contribution in [0.4, 0.5) is 0 Å². The number of aryl methyl sites for hydroxylation is 1. The van der Waals surface area contributed by atoms with Gasteiger partial charge < -0.3 is 19.3 Å². The van der Waals surface area contributed by atoms with Crippen LogP contribution >= 0.6 is 0 Å². The van der Waals surface area contributed by atoms with E-state index in [1.165, 1.54) is 14.0 Å².